The van der Waals surface area contributed by atoms with E-state index in [1.165, 1.54) is 10.9 Å². The highest BCUT2D eigenvalue weighted by atomic mass is 32.1. The Balaban J connectivity index is 1.43. The summed E-state index contributed by atoms with van der Waals surface area (Å²) >= 11 is 1.56. The van der Waals surface area contributed by atoms with Crippen LogP contribution in [-0.2, 0) is 24.1 Å². The summed E-state index contributed by atoms with van der Waals surface area (Å²) in [5.74, 6) is -1.19. The van der Waals surface area contributed by atoms with E-state index in [1.807, 2.05) is 0 Å². The molecule has 1 atom stereocenters. The van der Waals surface area contributed by atoms with Gasteiger partial charge in [-0.25, -0.2) is 13.8 Å². The fourth-order valence-electron chi connectivity index (χ4n) is 3.64. The van der Waals surface area contributed by atoms with Gasteiger partial charge in [0, 0.05) is 29.3 Å². The number of halogens is 2. The second-order valence-electron chi connectivity index (χ2n) is 7.01. The fourth-order valence-corrected chi connectivity index (χ4v) is 4.92. The summed E-state index contributed by atoms with van der Waals surface area (Å²) in [5.41, 5.74) is 1.19. The number of fused-ring (bicyclic) bond motifs is 3. The first-order valence-electron chi connectivity index (χ1n) is 9.20. The Morgan fingerprint density at radius 2 is 2.18 bits per heavy atom. The van der Waals surface area contributed by atoms with E-state index in [-0.39, 0.29) is 29.9 Å². The van der Waals surface area contributed by atoms with Gasteiger partial charge in [0.05, 0.1) is 11.4 Å². The van der Waals surface area contributed by atoms with Crippen LogP contribution in [0.5, 0.6) is 0 Å². The van der Waals surface area contributed by atoms with Crippen LogP contribution in [0.4, 0.5) is 8.78 Å². The molecule has 0 unspecified atom stereocenters. The summed E-state index contributed by atoms with van der Waals surface area (Å²) in [7, 11) is 0. The van der Waals surface area contributed by atoms with Crippen LogP contribution < -0.4 is 10.9 Å². The Morgan fingerprint density at radius 3 is 2.96 bits per heavy atom. The molecule has 2 aromatic heterocycles. The zero-order valence-electron chi connectivity index (χ0n) is 15.3. The molecule has 0 radical (unpaired) electrons. The molecule has 0 aliphatic heterocycles. The molecule has 0 saturated carbocycles. The van der Waals surface area contributed by atoms with Crippen LogP contribution >= 0.6 is 11.3 Å². The van der Waals surface area contributed by atoms with Gasteiger partial charge in [-0.1, -0.05) is 6.07 Å². The third-order valence-electron chi connectivity index (χ3n) is 5.02. The number of aromatic amines is 1. The number of carbonyl (C=O) groups excluding carboxylic acids is 1. The zero-order chi connectivity index (χ0) is 19.8. The molecule has 0 spiro atoms. The average Bonchev–Trinajstić information content (AvgIpc) is 3.20. The molecule has 3 aromatic rings. The first-order valence-corrected chi connectivity index (χ1v) is 10.0. The Morgan fingerprint density at radius 1 is 1.36 bits per heavy atom. The van der Waals surface area contributed by atoms with Gasteiger partial charge in [0.2, 0.25) is 5.91 Å². The van der Waals surface area contributed by atoms with Gasteiger partial charge in [0.1, 0.15) is 22.3 Å². The Hall–Kier alpha value is -2.61. The maximum absolute atomic E-state index is 13.8. The van der Waals surface area contributed by atoms with Crippen molar-refractivity contribution in [3.8, 4) is 0 Å². The number of benzene rings is 1. The lowest BCUT2D eigenvalue weighted by molar-refractivity contribution is -0.121. The molecule has 1 aromatic carbocycles. The normalized spacial score (nSPS) is 14.2. The van der Waals surface area contributed by atoms with Crippen LogP contribution in [-0.4, -0.2) is 15.9 Å². The molecule has 1 aliphatic rings. The number of hydrogen-bond acceptors (Lipinski definition) is 4. The lowest BCUT2D eigenvalue weighted by atomic mass is 10.1. The molecule has 2 N–H and O–H groups in total. The summed E-state index contributed by atoms with van der Waals surface area (Å²) in [5, 5.41) is 3.38. The molecule has 5 nitrogen and oxygen atoms in total. The second kappa shape index (κ2) is 7.43. The number of amides is 1. The number of carbonyl (C=O) groups is 1. The first-order chi connectivity index (χ1) is 13.4. The van der Waals surface area contributed by atoms with E-state index in [0.717, 1.165) is 41.8 Å². The van der Waals surface area contributed by atoms with Crippen molar-refractivity contribution in [1.82, 2.24) is 15.3 Å². The number of aromatic nitrogens is 2. The molecule has 28 heavy (non-hydrogen) atoms. The highest BCUT2D eigenvalue weighted by molar-refractivity contribution is 7.18. The van der Waals surface area contributed by atoms with Gasteiger partial charge in [-0.15, -0.1) is 11.3 Å². The van der Waals surface area contributed by atoms with E-state index in [9.17, 15) is 18.4 Å². The van der Waals surface area contributed by atoms with Crippen LogP contribution in [0.1, 0.15) is 47.6 Å². The lowest BCUT2D eigenvalue weighted by Gasteiger charge is -2.15. The predicted molar refractivity (Wildman–Crippen MR) is 104 cm³/mol. The molecule has 1 aliphatic carbocycles. The number of nitrogens with zero attached hydrogens (tertiary/aromatic N) is 1. The molecular formula is C20H19F2N3O2S. The first kappa shape index (κ1) is 18.7. The largest absolute Gasteiger partial charge is 0.349 e. The van der Waals surface area contributed by atoms with Crippen LogP contribution in [0.3, 0.4) is 0 Å². The van der Waals surface area contributed by atoms with E-state index in [0.29, 0.717) is 11.2 Å². The third-order valence-corrected chi connectivity index (χ3v) is 6.21. The van der Waals surface area contributed by atoms with Crippen LogP contribution in [0.25, 0.3) is 10.2 Å². The minimum Gasteiger partial charge on any atom is -0.349 e. The minimum absolute atomic E-state index is 0.104. The molecule has 8 heteroatoms. The SMILES string of the molecule is C[C@H](NC(=O)CCc1nc2sc3c(c2c(=O)[nH]1)CCC3)c1ccc(F)cc1F. The molecule has 1 amide bonds. The molecule has 0 saturated heterocycles. The van der Waals surface area contributed by atoms with E-state index in [1.54, 1.807) is 18.3 Å². The van der Waals surface area contributed by atoms with Crippen molar-refractivity contribution in [3.05, 3.63) is 62.0 Å². The lowest BCUT2D eigenvalue weighted by Crippen LogP contribution is -2.27. The average molecular weight is 403 g/mol. The van der Waals surface area contributed by atoms with Crippen molar-refractivity contribution < 1.29 is 13.6 Å². The van der Waals surface area contributed by atoms with E-state index >= 15 is 0 Å². The van der Waals surface area contributed by atoms with E-state index in [2.05, 4.69) is 15.3 Å². The third kappa shape index (κ3) is 3.56. The van der Waals surface area contributed by atoms with Crippen molar-refractivity contribution in [1.29, 1.82) is 0 Å². The smallest absolute Gasteiger partial charge is 0.259 e. The standard InChI is InChI=1S/C20H19F2N3O2S/c1-10(12-6-5-11(21)9-14(12)22)23-17(26)8-7-16-24-19(27)18-13-3-2-4-15(13)28-20(18)25-16/h5-6,9-10H,2-4,7-8H2,1H3,(H,23,26)(H,24,25,27)/t10-/m0/s1. The van der Waals surface area contributed by atoms with Crippen molar-refractivity contribution >= 4 is 27.5 Å². The van der Waals surface area contributed by atoms with E-state index < -0.39 is 17.7 Å². The van der Waals surface area contributed by atoms with Crippen molar-refractivity contribution in [2.45, 2.75) is 45.1 Å². The van der Waals surface area contributed by atoms with Gasteiger partial charge < -0.3 is 10.3 Å². The molecule has 4 rings (SSSR count). The number of aryl methyl sites for hydroxylation is 3. The molecule has 0 bridgehead atoms. The maximum Gasteiger partial charge on any atom is 0.259 e. The van der Waals surface area contributed by atoms with Gasteiger partial charge >= 0.3 is 0 Å². The number of thiophene rings is 1. The summed E-state index contributed by atoms with van der Waals surface area (Å²) in [4.78, 5) is 33.9. The summed E-state index contributed by atoms with van der Waals surface area (Å²) in [6.45, 7) is 1.63. The van der Waals surface area contributed by atoms with Crippen molar-refractivity contribution in [2.75, 3.05) is 0 Å². The molecule has 0 fully saturated rings. The number of rotatable bonds is 5. The highest BCUT2D eigenvalue weighted by Crippen LogP contribution is 2.34. The van der Waals surface area contributed by atoms with Gasteiger partial charge in [0.25, 0.3) is 5.56 Å². The van der Waals surface area contributed by atoms with Crippen LogP contribution in [0.2, 0.25) is 0 Å². The van der Waals surface area contributed by atoms with E-state index in [4.69, 9.17) is 0 Å². The van der Waals surface area contributed by atoms with Gasteiger partial charge in [0.15, 0.2) is 0 Å². The zero-order valence-corrected chi connectivity index (χ0v) is 16.1. The van der Waals surface area contributed by atoms with Crippen molar-refractivity contribution in [3.63, 3.8) is 0 Å². The minimum atomic E-state index is -0.699. The van der Waals surface area contributed by atoms with Gasteiger partial charge in [-0.3, -0.25) is 9.59 Å². The summed E-state index contributed by atoms with van der Waals surface area (Å²) in [6, 6.07) is 2.67. The predicted octanol–water partition coefficient (Wildman–Crippen LogP) is 3.56. The van der Waals surface area contributed by atoms with Gasteiger partial charge in [-0.2, -0.15) is 0 Å². The highest BCUT2D eigenvalue weighted by Gasteiger charge is 2.21. The summed E-state index contributed by atoms with van der Waals surface area (Å²) in [6.07, 6.45) is 3.36. The van der Waals surface area contributed by atoms with Crippen molar-refractivity contribution in [2.24, 2.45) is 0 Å². The van der Waals surface area contributed by atoms with Crippen LogP contribution in [0, 0.1) is 11.6 Å². The quantitative estimate of drug-likeness (QED) is 0.684. The molecule has 2 heterocycles. The van der Waals surface area contributed by atoms with Crippen LogP contribution in [0.15, 0.2) is 23.0 Å². The topological polar surface area (TPSA) is 74.8 Å². The monoisotopic (exact) mass is 403 g/mol. The summed E-state index contributed by atoms with van der Waals surface area (Å²) < 4.78 is 26.8. The number of hydrogen-bond donors (Lipinski definition) is 2. The number of H-pyrrole nitrogens is 1. The van der Waals surface area contributed by atoms with Gasteiger partial charge in [-0.05, 0) is 37.8 Å². The molecular weight excluding hydrogens is 384 g/mol. The Kier molecular flexibility index (Phi) is 4.97. The Labute approximate surface area is 163 Å². The number of nitrogens with one attached hydrogen (secondary N) is 2. The molecule has 146 valence electrons. The maximum atomic E-state index is 13.8. The second-order valence-corrected chi connectivity index (χ2v) is 8.09. The Bertz CT molecular complexity index is 1120. The fraction of sp³-hybridized carbons (Fsp3) is 0.350.